The Bertz CT molecular complexity index is 1210. The van der Waals surface area contributed by atoms with Crippen LogP contribution in [0.1, 0.15) is 51.8 Å². The maximum atomic E-state index is 12.5. The molecule has 256 valence electrons. The van der Waals surface area contributed by atoms with Crippen molar-refractivity contribution >= 4 is 17.5 Å². The Morgan fingerprint density at radius 2 is 1.09 bits per heavy atom. The monoisotopic (exact) mass is 648 g/mol. The summed E-state index contributed by atoms with van der Waals surface area (Å²) in [4.78, 5) is 24.2. The molecule has 3 aromatic rings. The number of hydrogen-bond acceptors (Lipinski definition) is 13. The average Bonchev–Trinajstić information content (AvgIpc) is 3.70. The summed E-state index contributed by atoms with van der Waals surface area (Å²) in [5.74, 6) is 1.16. The third-order valence-corrected chi connectivity index (χ3v) is 5.74. The minimum Gasteiger partial charge on any atom is -0.421 e. The molecule has 0 bridgehead atoms. The topological polar surface area (TPSA) is 182 Å². The van der Waals surface area contributed by atoms with Gasteiger partial charge in [0.25, 0.3) is 0 Å². The van der Waals surface area contributed by atoms with Gasteiger partial charge < -0.3 is 43.2 Å². The highest BCUT2D eigenvalue weighted by Crippen LogP contribution is 2.29. The number of aromatic nitrogens is 4. The molecule has 0 unspecified atom stereocenters. The molecule has 3 rings (SSSR count). The summed E-state index contributed by atoms with van der Waals surface area (Å²) in [6.07, 6.45) is 1.41. The number of aryl methyl sites for hydroxylation is 2. The zero-order valence-corrected chi connectivity index (χ0v) is 27.6. The van der Waals surface area contributed by atoms with E-state index in [0.29, 0.717) is 113 Å². The molecule has 0 fully saturated rings. The van der Waals surface area contributed by atoms with Gasteiger partial charge in [-0.15, -0.1) is 20.4 Å². The molecule has 0 saturated heterocycles. The van der Waals surface area contributed by atoms with Gasteiger partial charge in [-0.2, -0.15) is 0 Å². The number of anilines is 1. The van der Waals surface area contributed by atoms with Gasteiger partial charge in [0.05, 0.1) is 65.9 Å². The third kappa shape index (κ3) is 16.0. The van der Waals surface area contributed by atoms with Crippen LogP contribution in [-0.4, -0.2) is 105 Å². The van der Waals surface area contributed by atoms with Crippen molar-refractivity contribution < 1.29 is 42.1 Å². The predicted molar refractivity (Wildman–Crippen MR) is 169 cm³/mol. The van der Waals surface area contributed by atoms with Gasteiger partial charge in [0.1, 0.15) is 0 Å². The lowest BCUT2D eigenvalue weighted by atomic mass is 10.1. The first kappa shape index (κ1) is 38.4. The van der Waals surface area contributed by atoms with Crippen molar-refractivity contribution in [1.29, 1.82) is 0 Å². The Hall–Kier alpha value is -3.76. The molecule has 0 saturated carbocycles. The molecular formula is C31H48N6O9. The molecule has 46 heavy (non-hydrogen) atoms. The van der Waals surface area contributed by atoms with E-state index in [4.69, 9.17) is 32.5 Å². The standard InChI is InChI=1S/C29H42N6O9.C2H6/c1-4-8-38-11-7-30-26(36)5-9-39-12-14-41-16-17-42-15-13-40-10-6-27(37)31-25-19-23(28-34-32-21(2)43-28)18-24(20-25)29-35-33-22(3)44-29;1-2/h18-20H,4-17H2,1-3H3,(H,30,36)(H,31,37);1-2H3. The molecule has 0 spiro atoms. The number of carbonyl (C=O) groups is 2. The quantitative estimate of drug-likeness (QED) is 0.142. The highest BCUT2D eigenvalue weighted by atomic mass is 16.6. The van der Waals surface area contributed by atoms with E-state index in [9.17, 15) is 9.59 Å². The average molecular weight is 649 g/mol. The second kappa shape index (κ2) is 23.6. The van der Waals surface area contributed by atoms with E-state index in [1.54, 1.807) is 32.0 Å². The van der Waals surface area contributed by atoms with Crippen LogP contribution in [0.3, 0.4) is 0 Å². The fraction of sp³-hybridized carbons (Fsp3) is 0.613. The van der Waals surface area contributed by atoms with E-state index in [2.05, 4.69) is 31.0 Å². The molecule has 15 nitrogen and oxygen atoms in total. The first-order chi connectivity index (χ1) is 22.4. The van der Waals surface area contributed by atoms with Crippen molar-refractivity contribution in [2.45, 2.75) is 53.9 Å². The van der Waals surface area contributed by atoms with Crippen LogP contribution in [0, 0.1) is 13.8 Å². The minimum absolute atomic E-state index is 0.0607. The number of carbonyl (C=O) groups excluding carboxylic acids is 2. The van der Waals surface area contributed by atoms with Gasteiger partial charge in [-0.05, 0) is 24.6 Å². The fourth-order valence-electron chi connectivity index (χ4n) is 3.69. The minimum atomic E-state index is -0.231. The van der Waals surface area contributed by atoms with Crippen LogP contribution in [0.2, 0.25) is 0 Å². The van der Waals surface area contributed by atoms with E-state index in [0.717, 1.165) is 6.42 Å². The van der Waals surface area contributed by atoms with E-state index in [1.165, 1.54) is 0 Å². The molecular weight excluding hydrogens is 600 g/mol. The summed E-state index contributed by atoms with van der Waals surface area (Å²) < 4.78 is 38.2. The van der Waals surface area contributed by atoms with Gasteiger partial charge in [-0.1, -0.05) is 20.8 Å². The van der Waals surface area contributed by atoms with Crippen molar-refractivity contribution in [3.8, 4) is 22.9 Å². The van der Waals surface area contributed by atoms with Crippen molar-refractivity contribution in [2.75, 3.05) is 77.9 Å². The molecule has 1 aromatic carbocycles. The van der Waals surface area contributed by atoms with Crippen LogP contribution in [-0.2, 0) is 33.3 Å². The smallest absolute Gasteiger partial charge is 0.247 e. The number of hydrogen-bond donors (Lipinski definition) is 2. The Labute approximate surface area is 270 Å². The number of amides is 2. The molecule has 2 aromatic heterocycles. The summed E-state index contributed by atoms with van der Waals surface area (Å²) in [7, 11) is 0. The predicted octanol–water partition coefficient (Wildman–Crippen LogP) is 3.76. The number of ether oxygens (including phenoxy) is 5. The van der Waals surface area contributed by atoms with Crippen molar-refractivity contribution in [3.63, 3.8) is 0 Å². The summed E-state index contributed by atoms with van der Waals surface area (Å²) in [5, 5.41) is 21.5. The third-order valence-electron chi connectivity index (χ3n) is 5.74. The van der Waals surface area contributed by atoms with E-state index >= 15 is 0 Å². The fourth-order valence-corrected chi connectivity index (χ4v) is 3.69. The lowest BCUT2D eigenvalue weighted by Gasteiger charge is -2.09. The van der Waals surface area contributed by atoms with Gasteiger partial charge in [0.2, 0.25) is 35.4 Å². The lowest BCUT2D eigenvalue weighted by Crippen LogP contribution is -2.28. The summed E-state index contributed by atoms with van der Waals surface area (Å²) in [6.45, 7) is 14.1. The molecule has 15 heteroatoms. The van der Waals surface area contributed by atoms with E-state index < -0.39 is 0 Å². The van der Waals surface area contributed by atoms with E-state index in [1.807, 2.05) is 20.8 Å². The molecule has 0 aliphatic heterocycles. The van der Waals surface area contributed by atoms with Gasteiger partial charge in [0, 0.05) is 50.2 Å². The SMILES string of the molecule is CC.CCCOCCNC(=O)CCOCCOCCOCCOCCC(=O)Nc1cc(-c2nnc(C)o2)cc(-c2nnc(C)o2)c1. The molecule has 0 atom stereocenters. The van der Waals surface area contributed by atoms with Crippen molar-refractivity contribution in [1.82, 2.24) is 25.7 Å². The van der Waals surface area contributed by atoms with Crippen molar-refractivity contribution in [3.05, 3.63) is 30.0 Å². The first-order valence-electron chi connectivity index (χ1n) is 15.7. The van der Waals surface area contributed by atoms with Crippen LogP contribution < -0.4 is 10.6 Å². The van der Waals surface area contributed by atoms with Crippen LogP contribution in [0.5, 0.6) is 0 Å². The van der Waals surface area contributed by atoms with Crippen LogP contribution >= 0.6 is 0 Å². The number of benzene rings is 1. The number of rotatable bonds is 23. The molecule has 2 heterocycles. The normalized spacial score (nSPS) is 10.8. The second-order valence-corrected chi connectivity index (χ2v) is 9.51. The summed E-state index contributed by atoms with van der Waals surface area (Å²) in [6, 6.07) is 5.23. The lowest BCUT2D eigenvalue weighted by molar-refractivity contribution is -0.122. The van der Waals surface area contributed by atoms with Crippen molar-refractivity contribution in [2.24, 2.45) is 0 Å². The van der Waals surface area contributed by atoms with Crippen LogP contribution in [0.25, 0.3) is 22.9 Å². The second-order valence-electron chi connectivity index (χ2n) is 9.51. The highest BCUT2D eigenvalue weighted by molar-refractivity contribution is 5.92. The maximum Gasteiger partial charge on any atom is 0.247 e. The largest absolute Gasteiger partial charge is 0.421 e. The molecule has 2 N–H and O–H groups in total. The number of nitrogens with zero attached hydrogens (tertiary/aromatic N) is 4. The van der Waals surface area contributed by atoms with Gasteiger partial charge in [0.15, 0.2) is 0 Å². The Morgan fingerprint density at radius 3 is 1.54 bits per heavy atom. The van der Waals surface area contributed by atoms with Crippen LogP contribution in [0.15, 0.2) is 27.0 Å². The first-order valence-corrected chi connectivity index (χ1v) is 15.7. The van der Waals surface area contributed by atoms with Gasteiger partial charge >= 0.3 is 0 Å². The Balaban J connectivity index is 0.00000361. The van der Waals surface area contributed by atoms with Gasteiger partial charge in [-0.3, -0.25) is 9.59 Å². The zero-order chi connectivity index (χ0) is 33.4. The Morgan fingerprint density at radius 1 is 0.630 bits per heavy atom. The van der Waals surface area contributed by atoms with E-state index in [-0.39, 0.29) is 24.8 Å². The maximum absolute atomic E-state index is 12.5. The highest BCUT2D eigenvalue weighted by Gasteiger charge is 2.15. The van der Waals surface area contributed by atoms with Gasteiger partial charge in [-0.25, -0.2) is 0 Å². The summed E-state index contributed by atoms with van der Waals surface area (Å²) in [5.41, 5.74) is 1.71. The molecule has 0 aliphatic carbocycles. The molecule has 2 amide bonds. The molecule has 0 radical (unpaired) electrons. The zero-order valence-electron chi connectivity index (χ0n) is 27.6. The summed E-state index contributed by atoms with van der Waals surface area (Å²) >= 11 is 0. The van der Waals surface area contributed by atoms with Crippen LogP contribution in [0.4, 0.5) is 5.69 Å². The number of nitrogens with one attached hydrogen (secondary N) is 2. The molecule has 0 aliphatic rings. The Kier molecular flexibility index (Phi) is 19.7.